The highest BCUT2D eigenvalue weighted by Gasteiger charge is 2.37. The Balaban J connectivity index is 1.57. The molecule has 0 aromatic heterocycles. The molecule has 7 nitrogen and oxygen atoms in total. The number of hydrogen-bond donors (Lipinski definition) is 0. The number of likely N-dealkylation sites (N-methyl/N-ethyl adjacent to an activating group) is 1. The Morgan fingerprint density at radius 1 is 0.964 bits per heavy atom. The summed E-state index contributed by atoms with van der Waals surface area (Å²) in [7, 11) is 1.61. The number of hydrogen-bond acceptors (Lipinski definition) is 5. The molecule has 2 aromatic rings. The van der Waals surface area contributed by atoms with Crippen molar-refractivity contribution in [2.45, 2.75) is 19.6 Å². The van der Waals surface area contributed by atoms with Crippen LogP contribution in [0.3, 0.4) is 0 Å². The van der Waals surface area contributed by atoms with Gasteiger partial charge in [-0.1, -0.05) is 42.5 Å². The van der Waals surface area contributed by atoms with Crippen molar-refractivity contribution in [3.8, 4) is 0 Å². The van der Waals surface area contributed by atoms with Crippen LogP contribution in [0.15, 0.2) is 54.6 Å². The number of imide groups is 1. The van der Waals surface area contributed by atoms with Crippen LogP contribution in [0, 0.1) is 0 Å². The van der Waals surface area contributed by atoms with Gasteiger partial charge in [0.05, 0.1) is 11.1 Å². The highest BCUT2D eigenvalue weighted by atomic mass is 16.5. The van der Waals surface area contributed by atoms with Crippen molar-refractivity contribution in [3.05, 3.63) is 71.3 Å². The number of esters is 1. The monoisotopic (exact) mass is 380 g/mol. The third-order valence-corrected chi connectivity index (χ3v) is 4.46. The molecular weight excluding hydrogens is 360 g/mol. The molecule has 3 amide bonds. The number of benzene rings is 2. The lowest BCUT2D eigenvalue weighted by Gasteiger charge is -2.22. The van der Waals surface area contributed by atoms with Gasteiger partial charge in [-0.3, -0.25) is 24.1 Å². The first-order valence-electron chi connectivity index (χ1n) is 8.82. The van der Waals surface area contributed by atoms with Crippen LogP contribution in [0.1, 0.15) is 33.2 Å². The third kappa shape index (κ3) is 3.93. The molecule has 28 heavy (non-hydrogen) atoms. The van der Waals surface area contributed by atoms with Crippen molar-refractivity contribution in [2.75, 3.05) is 13.6 Å². The fourth-order valence-electron chi connectivity index (χ4n) is 3.04. The molecule has 0 N–H and O–H groups in total. The van der Waals surface area contributed by atoms with Crippen LogP contribution in [0.2, 0.25) is 0 Å². The summed E-state index contributed by atoms with van der Waals surface area (Å²) in [5, 5.41) is 0. The Morgan fingerprint density at radius 2 is 1.50 bits per heavy atom. The van der Waals surface area contributed by atoms with Crippen molar-refractivity contribution >= 4 is 23.7 Å². The second kappa shape index (κ2) is 8.04. The molecule has 0 saturated heterocycles. The number of carbonyl (C=O) groups excluding carboxylic acids is 4. The summed E-state index contributed by atoms with van der Waals surface area (Å²) >= 11 is 0. The smallest absolute Gasteiger partial charge is 0.326 e. The van der Waals surface area contributed by atoms with Crippen LogP contribution in [0.4, 0.5) is 0 Å². The summed E-state index contributed by atoms with van der Waals surface area (Å²) in [6.07, 6.45) is -1.03. The lowest BCUT2D eigenvalue weighted by atomic mass is 10.1. The molecule has 2 aromatic carbocycles. The minimum absolute atomic E-state index is 0.256. The predicted molar refractivity (Wildman–Crippen MR) is 100 cm³/mol. The van der Waals surface area contributed by atoms with Crippen LogP contribution in [0.5, 0.6) is 0 Å². The number of amides is 3. The fourth-order valence-corrected chi connectivity index (χ4v) is 3.04. The second-order valence-corrected chi connectivity index (χ2v) is 6.55. The minimum atomic E-state index is -1.03. The second-order valence-electron chi connectivity index (χ2n) is 6.55. The van der Waals surface area contributed by atoms with Gasteiger partial charge in [-0.15, -0.1) is 0 Å². The van der Waals surface area contributed by atoms with Gasteiger partial charge < -0.3 is 9.64 Å². The molecule has 144 valence electrons. The summed E-state index contributed by atoms with van der Waals surface area (Å²) in [5.74, 6) is -2.28. The van der Waals surface area contributed by atoms with E-state index in [0.29, 0.717) is 6.54 Å². The molecule has 1 aliphatic heterocycles. The first kappa shape index (κ1) is 19.3. The van der Waals surface area contributed by atoms with E-state index >= 15 is 0 Å². The van der Waals surface area contributed by atoms with E-state index in [-0.39, 0.29) is 17.0 Å². The van der Waals surface area contributed by atoms with Crippen LogP contribution in [0.25, 0.3) is 0 Å². The van der Waals surface area contributed by atoms with Crippen molar-refractivity contribution < 1.29 is 23.9 Å². The van der Waals surface area contributed by atoms with Crippen LogP contribution >= 0.6 is 0 Å². The van der Waals surface area contributed by atoms with Gasteiger partial charge in [0, 0.05) is 13.6 Å². The van der Waals surface area contributed by atoms with Crippen molar-refractivity contribution in [2.24, 2.45) is 0 Å². The zero-order valence-electron chi connectivity index (χ0n) is 15.6. The molecule has 0 aliphatic carbocycles. The highest BCUT2D eigenvalue weighted by molar-refractivity contribution is 6.22. The van der Waals surface area contributed by atoms with Gasteiger partial charge in [0.15, 0.2) is 6.10 Å². The Bertz CT molecular complexity index is 890. The lowest BCUT2D eigenvalue weighted by molar-refractivity contribution is -0.158. The van der Waals surface area contributed by atoms with Gasteiger partial charge in [0.25, 0.3) is 17.7 Å². The molecule has 0 unspecified atom stereocenters. The van der Waals surface area contributed by atoms with Gasteiger partial charge in [0.1, 0.15) is 6.54 Å². The average Bonchev–Trinajstić information content (AvgIpc) is 2.93. The average molecular weight is 380 g/mol. The van der Waals surface area contributed by atoms with E-state index in [9.17, 15) is 19.2 Å². The zero-order valence-corrected chi connectivity index (χ0v) is 15.6. The largest absolute Gasteiger partial charge is 0.451 e. The quantitative estimate of drug-likeness (QED) is 0.564. The molecule has 0 bridgehead atoms. The van der Waals surface area contributed by atoms with Crippen LogP contribution in [-0.2, 0) is 20.9 Å². The third-order valence-electron chi connectivity index (χ3n) is 4.46. The Morgan fingerprint density at radius 3 is 2.07 bits per heavy atom. The normalized spacial score (nSPS) is 13.9. The van der Waals surface area contributed by atoms with Crippen LogP contribution in [-0.4, -0.2) is 53.2 Å². The number of fused-ring (bicyclic) bond motifs is 1. The molecule has 1 aliphatic rings. The van der Waals surface area contributed by atoms with E-state index in [1.54, 1.807) is 19.2 Å². The summed E-state index contributed by atoms with van der Waals surface area (Å²) < 4.78 is 5.15. The molecule has 0 spiro atoms. The molecule has 1 atom stereocenters. The predicted octanol–water partition coefficient (Wildman–Crippen LogP) is 1.87. The molecular formula is C21H20N2O5. The number of nitrogens with zero attached hydrogens (tertiary/aromatic N) is 2. The first-order valence-corrected chi connectivity index (χ1v) is 8.82. The van der Waals surface area contributed by atoms with Gasteiger partial charge in [0.2, 0.25) is 0 Å². The van der Waals surface area contributed by atoms with Gasteiger partial charge in [-0.25, -0.2) is 0 Å². The van der Waals surface area contributed by atoms with E-state index in [4.69, 9.17) is 4.74 Å². The number of rotatable bonds is 6. The highest BCUT2D eigenvalue weighted by Crippen LogP contribution is 2.22. The maximum Gasteiger partial charge on any atom is 0.326 e. The standard InChI is InChI=1S/C21H20N2O5/c1-14(19(25)22(2)12-15-8-4-3-5-9-15)28-18(24)13-23-20(26)16-10-6-7-11-17(16)21(23)27/h3-11,14H,12-13H2,1-2H3/t14-/m1/s1. The summed E-state index contributed by atoms with van der Waals surface area (Å²) in [5.41, 5.74) is 1.46. The molecule has 3 rings (SSSR count). The minimum Gasteiger partial charge on any atom is -0.451 e. The SMILES string of the molecule is C[C@@H](OC(=O)CN1C(=O)c2ccccc2C1=O)C(=O)N(C)Cc1ccccc1. The Hall–Kier alpha value is -3.48. The summed E-state index contributed by atoms with van der Waals surface area (Å²) in [4.78, 5) is 51.5. The summed E-state index contributed by atoms with van der Waals surface area (Å²) in [6, 6.07) is 15.8. The molecule has 0 radical (unpaired) electrons. The Labute approximate surface area is 162 Å². The van der Waals surface area contributed by atoms with Gasteiger partial charge >= 0.3 is 5.97 Å². The van der Waals surface area contributed by atoms with E-state index < -0.39 is 30.4 Å². The number of ether oxygens (including phenoxy) is 1. The molecule has 7 heteroatoms. The maximum absolute atomic E-state index is 12.4. The summed E-state index contributed by atoms with van der Waals surface area (Å²) in [6.45, 7) is 1.30. The maximum atomic E-state index is 12.4. The fraction of sp³-hybridized carbons (Fsp3) is 0.238. The zero-order chi connectivity index (χ0) is 20.3. The van der Waals surface area contributed by atoms with E-state index in [2.05, 4.69) is 0 Å². The van der Waals surface area contributed by atoms with Crippen molar-refractivity contribution in [1.82, 2.24) is 9.80 Å². The van der Waals surface area contributed by atoms with Gasteiger partial charge in [-0.2, -0.15) is 0 Å². The van der Waals surface area contributed by atoms with Crippen molar-refractivity contribution in [3.63, 3.8) is 0 Å². The number of carbonyl (C=O) groups is 4. The first-order chi connectivity index (χ1) is 13.4. The molecule has 0 saturated carbocycles. The lowest BCUT2D eigenvalue weighted by Crippen LogP contribution is -2.41. The van der Waals surface area contributed by atoms with Gasteiger partial charge in [-0.05, 0) is 24.6 Å². The Kier molecular flexibility index (Phi) is 5.54. The van der Waals surface area contributed by atoms with Crippen molar-refractivity contribution in [1.29, 1.82) is 0 Å². The topological polar surface area (TPSA) is 84.0 Å². The molecule has 0 fully saturated rings. The van der Waals surface area contributed by atoms with E-state index in [1.807, 2.05) is 30.3 Å². The molecule has 1 heterocycles. The van der Waals surface area contributed by atoms with E-state index in [1.165, 1.54) is 24.0 Å². The van der Waals surface area contributed by atoms with E-state index in [0.717, 1.165) is 10.5 Å². The van der Waals surface area contributed by atoms with Crippen LogP contribution < -0.4 is 0 Å².